The SMILES string of the molecule is N#CC1=C(N)Oc2cc(OC(=O)C(c3ccccc3)c3ccccc3)ccc2C1c1c(Cl)cccc1Cl. The molecule has 0 radical (unpaired) electrons. The molecule has 0 fully saturated rings. The summed E-state index contributed by atoms with van der Waals surface area (Å²) in [6.45, 7) is 0. The molecule has 1 heterocycles. The summed E-state index contributed by atoms with van der Waals surface area (Å²) < 4.78 is 11.6. The average molecular weight is 527 g/mol. The molecule has 0 saturated carbocycles. The number of carbonyl (C=O) groups excluding carboxylic acids is 1. The van der Waals surface area contributed by atoms with E-state index >= 15 is 0 Å². The van der Waals surface area contributed by atoms with Gasteiger partial charge in [-0.3, -0.25) is 4.79 Å². The summed E-state index contributed by atoms with van der Waals surface area (Å²) in [6, 6.07) is 31.1. The molecule has 4 aromatic rings. The van der Waals surface area contributed by atoms with Crippen LogP contribution in [0.3, 0.4) is 0 Å². The van der Waals surface area contributed by atoms with Crippen molar-refractivity contribution in [2.45, 2.75) is 11.8 Å². The molecule has 1 atom stereocenters. The smallest absolute Gasteiger partial charge is 0.323 e. The van der Waals surface area contributed by atoms with Crippen LogP contribution in [0.2, 0.25) is 10.0 Å². The Kier molecular flexibility index (Phi) is 6.87. The number of allylic oxidation sites excluding steroid dienone is 1. The first-order valence-electron chi connectivity index (χ1n) is 11.4. The van der Waals surface area contributed by atoms with Gasteiger partial charge in [0.05, 0.1) is 5.92 Å². The molecule has 2 N–H and O–H groups in total. The highest BCUT2D eigenvalue weighted by molar-refractivity contribution is 6.36. The number of nitriles is 1. The lowest BCUT2D eigenvalue weighted by molar-refractivity contribution is -0.135. The van der Waals surface area contributed by atoms with E-state index < -0.39 is 17.8 Å². The van der Waals surface area contributed by atoms with Crippen molar-refractivity contribution in [3.63, 3.8) is 0 Å². The minimum Gasteiger partial charge on any atom is -0.440 e. The van der Waals surface area contributed by atoms with E-state index in [0.717, 1.165) is 11.1 Å². The summed E-state index contributed by atoms with van der Waals surface area (Å²) in [5.74, 6) is -1.15. The molecule has 0 bridgehead atoms. The quantitative estimate of drug-likeness (QED) is 0.224. The van der Waals surface area contributed by atoms with Crippen molar-refractivity contribution in [1.82, 2.24) is 0 Å². The van der Waals surface area contributed by atoms with Crippen LogP contribution in [-0.2, 0) is 4.79 Å². The van der Waals surface area contributed by atoms with Gasteiger partial charge in [-0.25, -0.2) is 0 Å². The normalized spacial score (nSPS) is 14.5. The molecule has 0 aliphatic carbocycles. The molecule has 37 heavy (non-hydrogen) atoms. The van der Waals surface area contributed by atoms with E-state index in [1.807, 2.05) is 60.7 Å². The van der Waals surface area contributed by atoms with Gasteiger partial charge in [-0.05, 0) is 29.3 Å². The van der Waals surface area contributed by atoms with Crippen LogP contribution in [0.4, 0.5) is 0 Å². The van der Waals surface area contributed by atoms with Crippen LogP contribution in [0.15, 0.2) is 109 Å². The van der Waals surface area contributed by atoms with Gasteiger partial charge in [0.25, 0.3) is 0 Å². The Morgan fingerprint density at radius 1 is 0.892 bits per heavy atom. The molecular weight excluding hydrogens is 507 g/mol. The standard InChI is InChI=1S/C30H20Cl2N2O3/c31-23-12-7-13-24(32)28(23)27-21-15-14-20(16-25(21)37-29(34)22(27)17-33)36-30(35)26(18-8-3-1-4-9-18)19-10-5-2-6-11-19/h1-16,26-27H,34H2. The zero-order valence-corrected chi connectivity index (χ0v) is 20.9. The fourth-order valence-corrected chi connectivity index (χ4v) is 5.13. The Balaban J connectivity index is 1.52. The van der Waals surface area contributed by atoms with Gasteiger partial charge in [0.1, 0.15) is 29.1 Å². The van der Waals surface area contributed by atoms with Crippen LogP contribution < -0.4 is 15.2 Å². The fraction of sp³-hybridized carbons (Fsp3) is 0.0667. The maximum absolute atomic E-state index is 13.4. The monoisotopic (exact) mass is 526 g/mol. The van der Waals surface area contributed by atoms with E-state index in [4.69, 9.17) is 38.4 Å². The second-order valence-electron chi connectivity index (χ2n) is 8.44. The van der Waals surface area contributed by atoms with Crippen molar-refractivity contribution in [1.29, 1.82) is 5.26 Å². The Morgan fingerprint density at radius 2 is 1.49 bits per heavy atom. The van der Waals surface area contributed by atoms with Crippen molar-refractivity contribution in [2.24, 2.45) is 5.73 Å². The van der Waals surface area contributed by atoms with E-state index in [-0.39, 0.29) is 17.2 Å². The lowest BCUT2D eigenvalue weighted by Gasteiger charge is -2.28. The van der Waals surface area contributed by atoms with Gasteiger partial charge in [-0.1, -0.05) is 96.0 Å². The Bertz CT molecular complexity index is 1490. The van der Waals surface area contributed by atoms with Crippen LogP contribution in [0, 0.1) is 11.3 Å². The number of halogens is 2. The third kappa shape index (κ3) is 4.77. The van der Waals surface area contributed by atoms with E-state index in [1.54, 1.807) is 36.4 Å². The van der Waals surface area contributed by atoms with Crippen molar-refractivity contribution in [3.8, 4) is 17.6 Å². The number of carbonyl (C=O) groups is 1. The number of rotatable bonds is 5. The lowest BCUT2D eigenvalue weighted by Crippen LogP contribution is -2.22. The van der Waals surface area contributed by atoms with Gasteiger partial charge in [0, 0.05) is 27.2 Å². The second-order valence-corrected chi connectivity index (χ2v) is 9.25. The second kappa shape index (κ2) is 10.4. The van der Waals surface area contributed by atoms with Crippen LogP contribution in [0.5, 0.6) is 11.5 Å². The van der Waals surface area contributed by atoms with Gasteiger partial charge in [-0.15, -0.1) is 0 Å². The van der Waals surface area contributed by atoms with E-state index in [0.29, 0.717) is 26.9 Å². The van der Waals surface area contributed by atoms with E-state index in [9.17, 15) is 10.1 Å². The number of nitrogens with zero attached hydrogens (tertiary/aromatic N) is 1. The van der Waals surface area contributed by atoms with Crippen LogP contribution >= 0.6 is 23.2 Å². The van der Waals surface area contributed by atoms with Crippen LogP contribution in [-0.4, -0.2) is 5.97 Å². The largest absolute Gasteiger partial charge is 0.440 e. The molecule has 7 heteroatoms. The number of ether oxygens (including phenoxy) is 2. The minimum absolute atomic E-state index is 0.0640. The Hall–Kier alpha value is -4.24. The number of hydrogen-bond donors (Lipinski definition) is 1. The molecule has 5 nitrogen and oxygen atoms in total. The fourth-order valence-electron chi connectivity index (χ4n) is 4.51. The summed E-state index contributed by atoms with van der Waals surface area (Å²) in [5, 5.41) is 10.6. The number of esters is 1. The number of nitrogens with two attached hydrogens (primary N) is 1. The molecule has 0 aromatic heterocycles. The molecule has 1 aliphatic heterocycles. The summed E-state index contributed by atoms with van der Waals surface area (Å²) >= 11 is 13.0. The van der Waals surface area contributed by atoms with Gasteiger partial charge in [-0.2, -0.15) is 5.26 Å². The van der Waals surface area contributed by atoms with Gasteiger partial charge in [0.2, 0.25) is 5.88 Å². The van der Waals surface area contributed by atoms with Crippen LogP contribution in [0.1, 0.15) is 34.1 Å². The molecule has 0 saturated heterocycles. The third-order valence-corrected chi connectivity index (χ3v) is 6.86. The third-order valence-electron chi connectivity index (χ3n) is 6.20. The first kappa shape index (κ1) is 24.5. The maximum Gasteiger partial charge on any atom is 0.323 e. The highest BCUT2D eigenvalue weighted by atomic mass is 35.5. The Labute approximate surface area is 224 Å². The molecule has 0 amide bonds. The molecular formula is C30H20Cl2N2O3. The highest BCUT2D eigenvalue weighted by Crippen LogP contribution is 2.47. The summed E-state index contributed by atoms with van der Waals surface area (Å²) in [6.07, 6.45) is 0. The van der Waals surface area contributed by atoms with Crippen LogP contribution in [0.25, 0.3) is 0 Å². The Morgan fingerprint density at radius 3 is 2.05 bits per heavy atom. The van der Waals surface area contributed by atoms with E-state index in [1.165, 1.54) is 0 Å². The van der Waals surface area contributed by atoms with Crippen molar-refractivity contribution >= 4 is 29.2 Å². The molecule has 4 aromatic carbocycles. The molecule has 182 valence electrons. The van der Waals surface area contributed by atoms with Crippen molar-refractivity contribution in [3.05, 3.63) is 141 Å². The maximum atomic E-state index is 13.4. The molecule has 1 aliphatic rings. The van der Waals surface area contributed by atoms with Crippen molar-refractivity contribution < 1.29 is 14.3 Å². The first-order valence-corrected chi connectivity index (χ1v) is 12.2. The zero-order chi connectivity index (χ0) is 25.9. The van der Waals surface area contributed by atoms with E-state index in [2.05, 4.69) is 6.07 Å². The summed E-state index contributed by atoms with van der Waals surface area (Å²) in [7, 11) is 0. The lowest BCUT2D eigenvalue weighted by atomic mass is 9.83. The predicted octanol–water partition coefficient (Wildman–Crippen LogP) is 6.95. The zero-order valence-electron chi connectivity index (χ0n) is 19.4. The minimum atomic E-state index is -0.638. The average Bonchev–Trinajstić information content (AvgIpc) is 2.90. The molecule has 0 spiro atoms. The van der Waals surface area contributed by atoms with Gasteiger partial charge in [0.15, 0.2) is 0 Å². The predicted molar refractivity (Wildman–Crippen MR) is 143 cm³/mol. The molecule has 5 rings (SSSR count). The van der Waals surface area contributed by atoms with Gasteiger partial charge < -0.3 is 15.2 Å². The number of fused-ring (bicyclic) bond motifs is 1. The summed E-state index contributed by atoms with van der Waals surface area (Å²) in [5.41, 5.74) is 9.12. The number of hydrogen-bond acceptors (Lipinski definition) is 5. The van der Waals surface area contributed by atoms with Gasteiger partial charge >= 0.3 is 5.97 Å². The van der Waals surface area contributed by atoms with Crippen molar-refractivity contribution in [2.75, 3.05) is 0 Å². The first-order chi connectivity index (χ1) is 18.0. The number of benzene rings is 4. The topological polar surface area (TPSA) is 85.3 Å². The highest BCUT2D eigenvalue weighted by Gasteiger charge is 2.34. The molecule has 1 unspecified atom stereocenters. The summed E-state index contributed by atoms with van der Waals surface area (Å²) in [4.78, 5) is 13.4.